The second kappa shape index (κ2) is 12.2. The lowest BCUT2D eigenvalue weighted by molar-refractivity contribution is -0.0897. The summed E-state index contributed by atoms with van der Waals surface area (Å²) in [4.78, 5) is 20.5. The van der Waals surface area contributed by atoms with Crippen molar-refractivity contribution in [2.75, 3.05) is 12.3 Å². The number of nitrogens with two attached hydrogens (primary N) is 2. The predicted octanol–water partition coefficient (Wildman–Crippen LogP) is 4.79. The van der Waals surface area contributed by atoms with Gasteiger partial charge in [-0.05, 0) is 35.4 Å². The van der Waals surface area contributed by atoms with E-state index in [9.17, 15) is 9.90 Å². The zero-order valence-corrected chi connectivity index (χ0v) is 24.7. The molecule has 1 aliphatic heterocycles. The van der Waals surface area contributed by atoms with Crippen LogP contribution < -0.4 is 11.5 Å². The van der Waals surface area contributed by atoms with Gasteiger partial charge in [0.05, 0.1) is 30.8 Å². The number of rotatable bonds is 9. The normalized spacial score (nSPS) is 22.0. The van der Waals surface area contributed by atoms with Gasteiger partial charge in [-0.25, -0.2) is 9.97 Å². The Morgan fingerprint density at radius 1 is 1.10 bits per heavy atom. The molecule has 0 unspecified atom stereocenters. The van der Waals surface area contributed by atoms with Crippen molar-refractivity contribution in [3.05, 3.63) is 85.7 Å². The molecule has 0 spiro atoms. The van der Waals surface area contributed by atoms with Crippen LogP contribution in [0, 0.1) is 12.3 Å². The quantitative estimate of drug-likeness (QED) is 0.219. The first-order chi connectivity index (χ1) is 20.0. The second-order valence-corrected chi connectivity index (χ2v) is 11.2. The van der Waals surface area contributed by atoms with E-state index < -0.39 is 29.9 Å². The molecule has 42 heavy (non-hydrogen) atoms. The van der Waals surface area contributed by atoms with Gasteiger partial charge in [0.2, 0.25) is 0 Å². The summed E-state index contributed by atoms with van der Waals surface area (Å²) in [6.07, 6.45) is 5.13. The number of aromatic nitrogens is 3. The monoisotopic (exact) mass is 649 g/mol. The number of nitrogens with zero attached hydrogens (tertiary/aromatic N) is 3. The van der Waals surface area contributed by atoms with Crippen LogP contribution in [0.25, 0.3) is 11.0 Å². The van der Waals surface area contributed by atoms with Crippen LogP contribution >= 0.6 is 46.4 Å². The standard InChI is InChI=1S/C28H23Cl4N5O5/c1-2-28(39)23(41-11-15-4-6-17(30)8-20(15)32)21(12-40-10-14-3-5-16(29)7-19(14)31)42-27(28)37-9-18(25(34)38)22-24(33)35-13-36-26(22)37/h1,3-9,13,21,23,27,39H,10-12H2,(H2,34,38)(H2,33,35,36)/t21-,23-,27-,28+/m1/s1. The lowest BCUT2D eigenvalue weighted by atomic mass is 9.94. The minimum absolute atomic E-state index is 0.0136. The number of carbonyl (C=O) groups is 1. The Morgan fingerprint density at radius 3 is 2.33 bits per heavy atom. The highest BCUT2D eigenvalue weighted by Gasteiger charge is 2.57. The molecule has 0 bridgehead atoms. The van der Waals surface area contributed by atoms with Gasteiger partial charge in [0.15, 0.2) is 11.8 Å². The third kappa shape index (κ3) is 5.75. The summed E-state index contributed by atoms with van der Waals surface area (Å²) in [5, 5.41) is 13.9. The summed E-state index contributed by atoms with van der Waals surface area (Å²) in [7, 11) is 0. The maximum absolute atomic E-state index is 12.3. The van der Waals surface area contributed by atoms with Crippen molar-refractivity contribution in [3.8, 4) is 12.3 Å². The molecule has 5 N–H and O–H groups in total. The average Bonchev–Trinajstić information content (AvgIpc) is 3.46. The van der Waals surface area contributed by atoms with Gasteiger partial charge >= 0.3 is 0 Å². The third-order valence-electron chi connectivity index (χ3n) is 6.83. The zero-order valence-electron chi connectivity index (χ0n) is 21.6. The van der Waals surface area contributed by atoms with E-state index in [2.05, 4.69) is 15.9 Å². The molecule has 1 fully saturated rings. The first kappa shape index (κ1) is 30.4. The van der Waals surface area contributed by atoms with Crippen molar-refractivity contribution < 1.29 is 24.1 Å². The van der Waals surface area contributed by atoms with E-state index in [1.807, 2.05) is 0 Å². The number of anilines is 1. The summed E-state index contributed by atoms with van der Waals surface area (Å²) in [6, 6.07) is 9.95. The summed E-state index contributed by atoms with van der Waals surface area (Å²) in [6.45, 7) is -0.0153. The van der Waals surface area contributed by atoms with E-state index in [1.54, 1.807) is 36.4 Å². The number of fused-ring (bicyclic) bond motifs is 1. The van der Waals surface area contributed by atoms with E-state index >= 15 is 0 Å². The number of terminal acetylenes is 1. The van der Waals surface area contributed by atoms with Gasteiger partial charge in [0.1, 0.15) is 30.0 Å². The highest BCUT2D eigenvalue weighted by molar-refractivity contribution is 6.35. The van der Waals surface area contributed by atoms with Crippen LogP contribution in [0.5, 0.6) is 0 Å². The number of aliphatic hydroxyl groups is 1. The Bertz CT molecular complexity index is 1710. The predicted molar refractivity (Wildman–Crippen MR) is 159 cm³/mol. The molecule has 0 saturated carbocycles. The molecule has 2 aromatic carbocycles. The van der Waals surface area contributed by atoms with Gasteiger partial charge in [0, 0.05) is 26.3 Å². The Labute approximate surface area is 260 Å². The summed E-state index contributed by atoms with van der Waals surface area (Å²) >= 11 is 24.7. The van der Waals surface area contributed by atoms with Gasteiger partial charge < -0.3 is 35.4 Å². The van der Waals surface area contributed by atoms with E-state index in [-0.39, 0.29) is 42.2 Å². The van der Waals surface area contributed by atoms with E-state index in [0.717, 1.165) is 0 Å². The van der Waals surface area contributed by atoms with Crippen molar-refractivity contribution in [2.24, 2.45) is 5.73 Å². The van der Waals surface area contributed by atoms with Gasteiger partial charge in [0.25, 0.3) is 5.91 Å². The van der Waals surface area contributed by atoms with Crippen LogP contribution in [0.15, 0.2) is 48.9 Å². The summed E-state index contributed by atoms with van der Waals surface area (Å²) in [5.74, 6) is 1.65. The maximum atomic E-state index is 12.3. The molecule has 0 aliphatic carbocycles. The van der Waals surface area contributed by atoms with Gasteiger partial charge in [-0.15, -0.1) is 6.42 Å². The largest absolute Gasteiger partial charge is 0.383 e. The van der Waals surface area contributed by atoms with E-state index in [1.165, 1.54) is 17.1 Å². The number of primary amides is 1. The molecule has 4 atom stereocenters. The first-order valence-corrected chi connectivity index (χ1v) is 13.9. The van der Waals surface area contributed by atoms with Crippen molar-refractivity contribution in [2.45, 2.75) is 37.3 Å². The van der Waals surface area contributed by atoms with Crippen LogP contribution in [0.4, 0.5) is 5.82 Å². The lowest BCUT2D eigenvalue weighted by Crippen LogP contribution is -2.47. The van der Waals surface area contributed by atoms with Crippen LogP contribution in [0.2, 0.25) is 20.1 Å². The fourth-order valence-corrected chi connectivity index (χ4v) is 5.70. The molecule has 5 rings (SSSR count). The van der Waals surface area contributed by atoms with Gasteiger partial charge in [-0.1, -0.05) is 64.5 Å². The van der Waals surface area contributed by atoms with Crippen molar-refractivity contribution in [1.82, 2.24) is 14.5 Å². The van der Waals surface area contributed by atoms with Gasteiger partial charge in [-0.2, -0.15) is 0 Å². The molecule has 14 heteroatoms. The van der Waals surface area contributed by atoms with Crippen molar-refractivity contribution in [3.63, 3.8) is 0 Å². The summed E-state index contributed by atoms with van der Waals surface area (Å²) in [5.41, 5.74) is 11.0. The number of benzene rings is 2. The molecule has 2 aromatic heterocycles. The van der Waals surface area contributed by atoms with Crippen molar-refractivity contribution in [1.29, 1.82) is 0 Å². The Kier molecular flexibility index (Phi) is 8.85. The highest BCUT2D eigenvalue weighted by Crippen LogP contribution is 2.43. The second-order valence-electron chi connectivity index (χ2n) is 9.49. The first-order valence-electron chi connectivity index (χ1n) is 12.4. The van der Waals surface area contributed by atoms with Crippen LogP contribution in [0.3, 0.4) is 0 Å². The molecule has 10 nitrogen and oxygen atoms in total. The van der Waals surface area contributed by atoms with Crippen LogP contribution in [-0.2, 0) is 27.4 Å². The Balaban J connectivity index is 1.50. The maximum Gasteiger partial charge on any atom is 0.251 e. The third-order valence-corrected chi connectivity index (χ3v) is 8.00. The molecule has 1 amide bonds. The molecule has 4 aromatic rings. The Hall–Kier alpha value is -3.11. The van der Waals surface area contributed by atoms with Crippen LogP contribution in [-0.4, -0.2) is 50.0 Å². The highest BCUT2D eigenvalue weighted by atomic mass is 35.5. The number of ether oxygens (including phenoxy) is 3. The fourth-order valence-electron chi connectivity index (χ4n) is 4.77. The fraction of sp³-hybridized carbons (Fsp3) is 0.250. The number of amides is 1. The number of carbonyl (C=O) groups excluding carboxylic acids is 1. The molecular weight excluding hydrogens is 628 g/mol. The lowest BCUT2D eigenvalue weighted by Gasteiger charge is -2.29. The SMILES string of the molecule is C#C[C@]1(O)[C@H](OCc2ccc(Cl)cc2Cl)[C@@H](COCc2ccc(Cl)cc2Cl)O[C@H]1n1cc(C(N)=O)c2c(N)ncnc21. The van der Waals surface area contributed by atoms with Crippen LogP contribution in [0.1, 0.15) is 27.7 Å². The number of hydrogen-bond acceptors (Lipinski definition) is 8. The average molecular weight is 651 g/mol. The van der Waals surface area contributed by atoms with Gasteiger partial charge in [-0.3, -0.25) is 4.79 Å². The molecule has 3 heterocycles. The molecular formula is C28H23Cl4N5O5. The number of hydrogen-bond donors (Lipinski definition) is 3. The number of halogens is 4. The topological polar surface area (TPSA) is 148 Å². The minimum atomic E-state index is -2.09. The zero-order chi connectivity index (χ0) is 30.2. The Morgan fingerprint density at radius 2 is 1.74 bits per heavy atom. The summed E-state index contributed by atoms with van der Waals surface area (Å²) < 4.78 is 19.8. The van der Waals surface area contributed by atoms with E-state index in [0.29, 0.717) is 31.2 Å². The minimum Gasteiger partial charge on any atom is -0.383 e. The molecule has 218 valence electrons. The molecule has 0 radical (unpaired) electrons. The molecule has 1 saturated heterocycles. The molecule has 1 aliphatic rings. The number of nitrogen functional groups attached to an aromatic ring is 1. The van der Waals surface area contributed by atoms with E-state index in [4.69, 9.17) is 78.5 Å². The van der Waals surface area contributed by atoms with Crippen molar-refractivity contribution >= 4 is 69.2 Å². The smallest absolute Gasteiger partial charge is 0.251 e.